The van der Waals surface area contributed by atoms with Crippen LogP contribution >= 0.6 is 11.3 Å². The Balaban J connectivity index is 1.39. The highest BCUT2D eigenvalue weighted by molar-refractivity contribution is 7.17. The van der Waals surface area contributed by atoms with Crippen molar-refractivity contribution >= 4 is 33.8 Å². The van der Waals surface area contributed by atoms with E-state index in [-0.39, 0.29) is 11.9 Å². The van der Waals surface area contributed by atoms with Crippen LogP contribution in [-0.4, -0.2) is 48.9 Å². The lowest BCUT2D eigenvalue weighted by Crippen LogP contribution is -2.52. The number of para-hydroxylation sites is 1. The van der Waals surface area contributed by atoms with Crippen LogP contribution in [0.2, 0.25) is 0 Å². The smallest absolute Gasteiger partial charge is 0.251 e. The molecule has 1 aliphatic heterocycles. The van der Waals surface area contributed by atoms with Crippen LogP contribution in [0.3, 0.4) is 0 Å². The van der Waals surface area contributed by atoms with Crippen molar-refractivity contribution in [1.82, 2.24) is 4.90 Å². The van der Waals surface area contributed by atoms with Crippen LogP contribution in [-0.2, 0) is 17.6 Å². The Labute approximate surface area is 169 Å². The van der Waals surface area contributed by atoms with E-state index in [0.29, 0.717) is 10.6 Å². The van der Waals surface area contributed by atoms with Gasteiger partial charge in [0.1, 0.15) is 5.00 Å². The van der Waals surface area contributed by atoms with E-state index in [2.05, 4.69) is 27.2 Å². The number of aryl methyl sites for hydroxylation is 1. The second kappa shape index (κ2) is 7.93. The van der Waals surface area contributed by atoms with E-state index < -0.39 is 5.91 Å². The SMILES string of the molecule is C[C@H](C(=O)Nc1sc2c(c1C(N)=O)CCC2)N1CCN(c2ccccc2)CC1. The second-order valence-electron chi connectivity index (χ2n) is 7.45. The van der Waals surface area contributed by atoms with Gasteiger partial charge in [0, 0.05) is 36.7 Å². The molecular formula is C21H26N4O2S. The Morgan fingerprint density at radius 3 is 2.50 bits per heavy atom. The first-order valence-corrected chi connectivity index (χ1v) is 10.7. The van der Waals surface area contributed by atoms with Crippen LogP contribution in [0.1, 0.15) is 34.1 Å². The first-order chi connectivity index (χ1) is 13.5. The molecule has 0 saturated carbocycles. The fourth-order valence-corrected chi connectivity index (χ4v) is 5.44. The molecule has 2 heterocycles. The minimum absolute atomic E-state index is 0.0735. The fraction of sp³-hybridized carbons (Fsp3) is 0.429. The number of nitrogens with one attached hydrogen (secondary N) is 1. The number of carbonyl (C=O) groups excluding carboxylic acids is 2. The van der Waals surface area contributed by atoms with Gasteiger partial charge in [-0.3, -0.25) is 14.5 Å². The van der Waals surface area contributed by atoms with Gasteiger partial charge in [-0.25, -0.2) is 0 Å². The monoisotopic (exact) mass is 398 g/mol. The molecule has 0 radical (unpaired) electrons. The normalized spacial score (nSPS) is 18.0. The number of anilines is 2. The van der Waals surface area contributed by atoms with Crippen molar-refractivity contribution in [1.29, 1.82) is 0 Å². The lowest BCUT2D eigenvalue weighted by molar-refractivity contribution is -0.120. The summed E-state index contributed by atoms with van der Waals surface area (Å²) in [5.41, 5.74) is 8.38. The van der Waals surface area contributed by atoms with Gasteiger partial charge in [-0.05, 0) is 43.9 Å². The topological polar surface area (TPSA) is 78.7 Å². The molecule has 1 atom stereocenters. The van der Waals surface area contributed by atoms with Crippen molar-refractivity contribution in [3.8, 4) is 0 Å². The number of primary amides is 1. The molecule has 0 unspecified atom stereocenters. The van der Waals surface area contributed by atoms with Gasteiger partial charge in [0.2, 0.25) is 5.91 Å². The molecule has 4 rings (SSSR count). The lowest BCUT2D eigenvalue weighted by atomic mass is 10.1. The van der Waals surface area contributed by atoms with Crippen molar-refractivity contribution in [2.45, 2.75) is 32.2 Å². The summed E-state index contributed by atoms with van der Waals surface area (Å²) in [6.07, 6.45) is 2.89. The minimum atomic E-state index is -0.446. The van der Waals surface area contributed by atoms with E-state index in [0.717, 1.165) is 51.0 Å². The molecule has 2 aliphatic rings. The zero-order valence-electron chi connectivity index (χ0n) is 16.1. The zero-order valence-corrected chi connectivity index (χ0v) is 16.9. The van der Waals surface area contributed by atoms with Crippen LogP contribution in [0.25, 0.3) is 0 Å². The first kappa shape index (κ1) is 19.0. The van der Waals surface area contributed by atoms with Crippen LogP contribution in [0.4, 0.5) is 10.7 Å². The molecule has 6 nitrogen and oxygen atoms in total. The number of hydrogen-bond donors (Lipinski definition) is 2. The van der Waals surface area contributed by atoms with Gasteiger partial charge in [-0.1, -0.05) is 18.2 Å². The largest absolute Gasteiger partial charge is 0.369 e. The molecule has 1 fully saturated rings. The van der Waals surface area contributed by atoms with Crippen LogP contribution in [0.15, 0.2) is 30.3 Å². The second-order valence-corrected chi connectivity index (χ2v) is 8.55. The Kier molecular flexibility index (Phi) is 5.37. The van der Waals surface area contributed by atoms with Gasteiger partial charge in [0.25, 0.3) is 5.91 Å². The third kappa shape index (κ3) is 3.64. The van der Waals surface area contributed by atoms with E-state index in [1.165, 1.54) is 21.9 Å². The number of piperazine rings is 1. The summed E-state index contributed by atoms with van der Waals surface area (Å²) in [6.45, 7) is 5.36. The highest BCUT2D eigenvalue weighted by Crippen LogP contribution is 2.39. The number of carbonyl (C=O) groups is 2. The Bertz CT molecular complexity index is 872. The van der Waals surface area contributed by atoms with E-state index in [1.54, 1.807) is 0 Å². The molecule has 3 N–H and O–H groups in total. The number of amides is 2. The molecule has 2 aromatic rings. The van der Waals surface area contributed by atoms with Gasteiger partial charge in [-0.15, -0.1) is 11.3 Å². The lowest BCUT2D eigenvalue weighted by Gasteiger charge is -2.38. The molecule has 1 aromatic heterocycles. The Morgan fingerprint density at radius 2 is 1.82 bits per heavy atom. The van der Waals surface area contributed by atoms with Crippen molar-refractivity contribution in [3.63, 3.8) is 0 Å². The van der Waals surface area contributed by atoms with Gasteiger partial charge in [-0.2, -0.15) is 0 Å². The van der Waals surface area contributed by atoms with Crippen molar-refractivity contribution in [3.05, 3.63) is 46.3 Å². The fourth-order valence-electron chi connectivity index (χ4n) is 4.14. The summed E-state index contributed by atoms with van der Waals surface area (Å²) in [4.78, 5) is 30.5. The first-order valence-electron chi connectivity index (χ1n) is 9.84. The van der Waals surface area contributed by atoms with Crippen molar-refractivity contribution in [2.24, 2.45) is 5.73 Å². The van der Waals surface area contributed by atoms with Crippen LogP contribution < -0.4 is 16.0 Å². The molecule has 1 saturated heterocycles. The number of rotatable bonds is 5. The average molecular weight is 399 g/mol. The summed E-state index contributed by atoms with van der Waals surface area (Å²) in [5.74, 6) is -0.519. The molecule has 0 spiro atoms. The van der Waals surface area contributed by atoms with Gasteiger partial charge >= 0.3 is 0 Å². The van der Waals surface area contributed by atoms with Crippen molar-refractivity contribution in [2.75, 3.05) is 36.4 Å². The summed E-state index contributed by atoms with van der Waals surface area (Å²) in [7, 11) is 0. The standard InChI is InChI=1S/C21H26N4O2S/c1-14(24-10-12-25(13-11-24)15-6-3-2-4-7-15)20(27)23-21-18(19(22)26)16-8-5-9-17(16)28-21/h2-4,6-7,14H,5,8-13H2,1H3,(H2,22,26)(H,23,27)/t14-/m1/s1. The maximum absolute atomic E-state index is 12.9. The number of nitrogens with zero attached hydrogens (tertiary/aromatic N) is 2. The van der Waals surface area contributed by atoms with E-state index in [1.807, 2.05) is 25.1 Å². The molecule has 0 bridgehead atoms. The summed E-state index contributed by atoms with van der Waals surface area (Å²) in [6, 6.07) is 10.1. The van der Waals surface area contributed by atoms with Gasteiger partial charge < -0.3 is 16.0 Å². The average Bonchev–Trinajstić information content (AvgIpc) is 3.28. The maximum Gasteiger partial charge on any atom is 0.251 e. The predicted molar refractivity (Wildman–Crippen MR) is 113 cm³/mol. The number of fused-ring (bicyclic) bond motifs is 1. The number of thiophene rings is 1. The van der Waals surface area contributed by atoms with E-state index in [4.69, 9.17) is 5.73 Å². The number of benzene rings is 1. The molecule has 7 heteroatoms. The third-order valence-corrected chi connectivity index (χ3v) is 6.97. The number of nitrogens with two attached hydrogens (primary N) is 1. The summed E-state index contributed by atoms with van der Waals surface area (Å²) in [5, 5.41) is 3.61. The third-order valence-electron chi connectivity index (χ3n) is 5.77. The summed E-state index contributed by atoms with van der Waals surface area (Å²) < 4.78 is 0. The Morgan fingerprint density at radius 1 is 1.11 bits per heavy atom. The molecule has 28 heavy (non-hydrogen) atoms. The molecular weight excluding hydrogens is 372 g/mol. The molecule has 1 aromatic carbocycles. The highest BCUT2D eigenvalue weighted by atomic mass is 32.1. The Hall–Kier alpha value is -2.38. The van der Waals surface area contributed by atoms with E-state index >= 15 is 0 Å². The number of hydrogen-bond acceptors (Lipinski definition) is 5. The quantitative estimate of drug-likeness (QED) is 0.811. The van der Waals surface area contributed by atoms with Gasteiger partial charge in [0.15, 0.2) is 0 Å². The van der Waals surface area contributed by atoms with Gasteiger partial charge in [0.05, 0.1) is 11.6 Å². The van der Waals surface area contributed by atoms with Crippen LogP contribution in [0.5, 0.6) is 0 Å². The molecule has 148 valence electrons. The minimum Gasteiger partial charge on any atom is -0.369 e. The highest BCUT2D eigenvalue weighted by Gasteiger charge is 2.29. The van der Waals surface area contributed by atoms with E-state index in [9.17, 15) is 9.59 Å². The van der Waals surface area contributed by atoms with Crippen LogP contribution in [0, 0.1) is 0 Å². The zero-order chi connectivity index (χ0) is 19.7. The summed E-state index contributed by atoms with van der Waals surface area (Å²) >= 11 is 1.51. The van der Waals surface area contributed by atoms with Crippen molar-refractivity contribution < 1.29 is 9.59 Å². The molecule has 1 aliphatic carbocycles. The predicted octanol–water partition coefficient (Wildman–Crippen LogP) is 2.48. The maximum atomic E-state index is 12.9. The molecule has 2 amide bonds.